The summed E-state index contributed by atoms with van der Waals surface area (Å²) in [5.74, 6) is 2.22. The Morgan fingerprint density at radius 2 is 2.05 bits per heavy atom. The number of benzene rings is 1. The van der Waals surface area contributed by atoms with Gasteiger partial charge in [0.25, 0.3) is 0 Å². The molecule has 1 aromatic carbocycles. The van der Waals surface area contributed by atoms with Crippen LogP contribution in [-0.2, 0) is 0 Å². The van der Waals surface area contributed by atoms with E-state index >= 15 is 0 Å². The highest BCUT2D eigenvalue weighted by atomic mass is 15.2. The van der Waals surface area contributed by atoms with E-state index < -0.39 is 0 Å². The smallest absolute Gasteiger partial charge is 0.156 e. The summed E-state index contributed by atoms with van der Waals surface area (Å²) in [5, 5.41) is 14.0. The number of nitrogens with one attached hydrogen (secondary N) is 1. The Labute approximate surface area is 113 Å². The molecule has 1 saturated carbocycles. The molecule has 0 radical (unpaired) electrons. The lowest BCUT2D eigenvalue weighted by atomic mass is 9.96. The first-order chi connectivity index (χ1) is 9.38. The van der Waals surface area contributed by atoms with Crippen LogP contribution in [0.4, 0.5) is 5.82 Å². The van der Waals surface area contributed by atoms with Gasteiger partial charge in [0.15, 0.2) is 5.82 Å². The minimum Gasteiger partial charge on any atom is -0.368 e. The summed E-state index contributed by atoms with van der Waals surface area (Å²) in [6, 6.07) is 8.21. The fourth-order valence-corrected chi connectivity index (χ4v) is 3.08. The first-order valence-electron chi connectivity index (χ1n) is 7.03. The number of nitrogens with zero attached hydrogens (tertiary/aromatic N) is 2. The third-order valence-corrected chi connectivity index (χ3v) is 4.22. The van der Waals surface area contributed by atoms with Crippen LogP contribution in [0.1, 0.15) is 19.3 Å². The van der Waals surface area contributed by atoms with Crippen LogP contribution in [-0.4, -0.2) is 23.3 Å². The van der Waals surface area contributed by atoms with Crippen LogP contribution in [0, 0.1) is 11.8 Å². The van der Waals surface area contributed by atoms with Gasteiger partial charge in [-0.3, -0.25) is 0 Å². The highest BCUT2D eigenvalue weighted by Gasteiger charge is 2.25. The molecular weight excluding hydrogens is 236 g/mol. The first-order valence-corrected chi connectivity index (χ1v) is 7.03. The molecule has 1 aliphatic carbocycles. The third kappa shape index (κ3) is 2.54. The fraction of sp³-hybridized carbons (Fsp3) is 0.467. The molecule has 0 spiro atoms. The molecule has 0 aliphatic heterocycles. The lowest BCUT2D eigenvalue weighted by Crippen LogP contribution is -2.24. The van der Waals surface area contributed by atoms with E-state index in [2.05, 4.69) is 27.6 Å². The summed E-state index contributed by atoms with van der Waals surface area (Å²) in [6.07, 6.45) is 5.64. The number of nitrogens with two attached hydrogens (primary N) is 1. The SMILES string of the molecule is NCC1CCCC1CNc1nncc2ccccc12. The minimum atomic E-state index is 0.662. The van der Waals surface area contributed by atoms with Gasteiger partial charge in [0.1, 0.15) is 0 Å². The molecule has 1 aromatic heterocycles. The Hall–Kier alpha value is -1.68. The number of fused-ring (bicyclic) bond motifs is 1. The molecule has 4 nitrogen and oxygen atoms in total. The first kappa shape index (κ1) is 12.4. The highest BCUT2D eigenvalue weighted by molar-refractivity contribution is 5.90. The standard InChI is InChI=1S/C15H20N4/c16-8-11-5-3-6-12(11)9-17-15-14-7-2-1-4-13(14)10-18-19-15/h1-2,4,7,10-12H,3,5-6,8-9,16H2,(H,17,19). The number of anilines is 1. The lowest BCUT2D eigenvalue weighted by molar-refractivity contribution is 0.414. The van der Waals surface area contributed by atoms with Crippen LogP contribution in [0.2, 0.25) is 0 Å². The number of rotatable bonds is 4. The van der Waals surface area contributed by atoms with Gasteiger partial charge < -0.3 is 11.1 Å². The van der Waals surface area contributed by atoms with Gasteiger partial charge in [0, 0.05) is 17.3 Å². The molecule has 0 amide bonds. The molecule has 0 saturated heterocycles. The van der Waals surface area contributed by atoms with E-state index in [4.69, 9.17) is 5.73 Å². The zero-order valence-electron chi connectivity index (χ0n) is 11.0. The van der Waals surface area contributed by atoms with Gasteiger partial charge >= 0.3 is 0 Å². The van der Waals surface area contributed by atoms with Gasteiger partial charge in [-0.15, -0.1) is 5.10 Å². The van der Waals surface area contributed by atoms with Crippen molar-refractivity contribution in [1.29, 1.82) is 0 Å². The zero-order valence-corrected chi connectivity index (χ0v) is 11.0. The molecule has 2 unspecified atom stereocenters. The maximum absolute atomic E-state index is 5.83. The lowest BCUT2D eigenvalue weighted by Gasteiger charge is -2.18. The Balaban J connectivity index is 1.75. The van der Waals surface area contributed by atoms with Crippen molar-refractivity contribution < 1.29 is 0 Å². The van der Waals surface area contributed by atoms with E-state index in [1.54, 1.807) is 6.20 Å². The van der Waals surface area contributed by atoms with E-state index in [1.165, 1.54) is 19.3 Å². The second-order valence-corrected chi connectivity index (χ2v) is 5.35. The van der Waals surface area contributed by atoms with Crippen molar-refractivity contribution in [2.24, 2.45) is 17.6 Å². The second kappa shape index (κ2) is 5.53. The van der Waals surface area contributed by atoms with Crippen molar-refractivity contribution >= 4 is 16.6 Å². The van der Waals surface area contributed by atoms with Crippen LogP contribution in [0.25, 0.3) is 10.8 Å². The fourth-order valence-electron chi connectivity index (χ4n) is 3.08. The summed E-state index contributed by atoms with van der Waals surface area (Å²) < 4.78 is 0. The molecule has 2 atom stereocenters. The Kier molecular flexibility index (Phi) is 3.60. The second-order valence-electron chi connectivity index (χ2n) is 5.35. The summed E-state index contributed by atoms with van der Waals surface area (Å²) in [6.45, 7) is 1.75. The van der Waals surface area contributed by atoms with Gasteiger partial charge in [-0.05, 0) is 31.2 Å². The number of hydrogen-bond donors (Lipinski definition) is 2. The molecule has 1 aliphatic rings. The Bertz CT molecular complexity index is 549. The van der Waals surface area contributed by atoms with Crippen LogP contribution in [0.15, 0.2) is 30.5 Å². The quantitative estimate of drug-likeness (QED) is 0.881. The molecule has 4 heteroatoms. The highest BCUT2D eigenvalue weighted by Crippen LogP contribution is 2.31. The monoisotopic (exact) mass is 256 g/mol. The summed E-state index contributed by atoms with van der Waals surface area (Å²) in [7, 11) is 0. The predicted octanol–water partition coefficient (Wildman–Crippen LogP) is 2.42. The molecule has 2 aromatic rings. The molecule has 1 fully saturated rings. The van der Waals surface area contributed by atoms with Crippen molar-refractivity contribution in [3.05, 3.63) is 30.5 Å². The number of hydrogen-bond acceptors (Lipinski definition) is 4. The number of aromatic nitrogens is 2. The van der Waals surface area contributed by atoms with Crippen molar-refractivity contribution in [3.63, 3.8) is 0 Å². The van der Waals surface area contributed by atoms with E-state index in [9.17, 15) is 0 Å². The van der Waals surface area contributed by atoms with Crippen LogP contribution in [0.3, 0.4) is 0 Å². The average Bonchev–Trinajstić information content (AvgIpc) is 2.92. The average molecular weight is 256 g/mol. The van der Waals surface area contributed by atoms with Crippen LogP contribution in [0.5, 0.6) is 0 Å². The molecule has 3 N–H and O–H groups in total. The van der Waals surface area contributed by atoms with Gasteiger partial charge in [-0.1, -0.05) is 30.7 Å². The van der Waals surface area contributed by atoms with Crippen molar-refractivity contribution in [3.8, 4) is 0 Å². The predicted molar refractivity (Wildman–Crippen MR) is 77.9 cm³/mol. The maximum Gasteiger partial charge on any atom is 0.156 e. The molecule has 0 bridgehead atoms. The van der Waals surface area contributed by atoms with E-state index in [0.29, 0.717) is 11.8 Å². The molecule has 1 heterocycles. The topological polar surface area (TPSA) is 63.8 Å². The summed E-state index contributed by atoms with van der Waals surface area (Å²) in [4.78, 5) is 0. The van der Waals surface area contributed by atoms with Gasteiger partial charge in [-0.2, -0.15) is 5.10 Å². The third-order valence-electron chi connectivity index (χ3n) is 4.22. The molecule has 19 heavy (non-hydrogen) atoms. The van der Waals surface area contributed by atoms with E-state index in [1.807, 2.05) is 12.1 Å². The van der Waals surface area contributed by atoms with Gasteiger partial charge in [-0.25, -0.2) is 0 Å². The molecular formula is C15H20N4. The molecule has 100 valence electrons. The zero-order chi connectivity index (χ0) is 13.1. The van der Waals surface area contributed by atoms with Gasteiger partial charge in [0.2, 0.25) is 0 Å². The van der Waals surface area contributed by atoms with Crippen molar-refractivity contribution in [2.75, 3.05) is 18.4 Å². The Morgan fingerprint density at radius 3 is 2.95 bits per heavy atom. The minimum absolute atomic E-state index is 0.662. The molecule has 3 rings (SSSR count). The summed E-state index contributed by atoms with van der Waals surface area (Å²) in [5.41, 5.74) is 5.83. The Morgan fingerprint density at radius 1 is 1.21 bits per heavy atom. The maximum atomic E-state index is 5.83. The largest absolute Gasteiger partial charge is 0.368 e. The van der Waals surface area contributed by atoms with Crippen molar-refractivity contribution in [1.82, 2.24) is 10.2 Å². The van der Waals surface area contributed by atoms with Crippen LogP contribution < -0.4 is 11.1 Å². The van der Waals surface area contributed by atoms with E-state index in [0.717, 1.165) is 29.7 Å². The van der Waals surface area contributed by atoms with Crippen LogP contribution >= 0.6 is 0 Å². The summed E-state index contributed by atoms with van der Waals surface area (Å²) >= 11 is 0. The van der Waals surface area contributed by atoms with E-state index in [-0.39, 0.29) is 0 Å². The van der Waals surface area contributed by atoms with Crippen molar-refractivity contribution in [2.45, 2.75) is 19.3 Å². The van der Waals surface area contributed by atoms with Gasteiger partial charge in [0.05, 0.1) is 6.20 Å². The normalized spacial score (nSPS) is 22.8.